The Morgan fingerprint density at radius 3 is 2.52 bits per heavy atom. The van der Waals surface area contributed by atoms with Gasteiger partial charge in [0.1, 0.15) is 0 Å². The van der Waals surface area contributed by atoms with Crippen LogP contribution in [0.2, 0.25) is 0 Å². The van der Waals surface area contributed by atoms with E-state index < -0.39 is 11.7 Å². The van der Waals surface area contributed by atoms with E-state index in [1.54, 1.807) is 11.6 Å². The van der Waals surface area contributed by atoms with Crippen molar-refractivity contribution in [1.29, 1.82) is 0 Å². The number of Topliss-reactive ketones (excluding diaryl/α,β-unsaturated/α-hetero) is 1. The molecule has 1 aromatic carbocycles. The quantitative estimate of drug-likeness (QED) is 0.567. The summed E-state index contributed by atoms with van der Waals surface area (Å²) in [6.07, 6.45) is 0. The second kappa shape index (κ2) is 6.20. The molecule has 1 atom stereocenters. The number of nitrogens with zero attached hydrogens (tertiary/aromatic N) is 2. The minimum absolute atomic E-state index is 0.296. The molecule has 2 heterocycles. The van der Waals surface area contributed by atoms with Gasteiger partial charge in [-0.1, -0.05) is 18.2 Å². The maximum atomic E-state index is 12.7. The van der Waals surface area contributed by atoms with Gasteiger partial charge in [0.15, 0.2) is 0 Å². The summed E-state index contributed by atoms with van der Waals surface area (Å²) in [5, 5.41) is 7.94. The van der Waals surface area contributed by atoms with Crippen molar-refractivity contribution in [3.05, 3.63) is 52.5 Å². The van der Waals surface area contributed by atoms with Crippen molar-refractivity contribution in [3.8, 4) is 0 Å². The van der Waals surface area contributed by atoms with Crippen molar-refractivity contribution in [1.82, 2.24) is 20.1 Å². The minimum Gasteiger partial charge on any atom is -0.358 e. The lowest BCUT2D eigenvalue weighted by Gasteiger charge is -2.14. The zero-order valence-electron chi connectivity index (χ0n) is 15.1. The second-order valence-corrected chi connectivity index (χ2v) is 6.40. The number of fused-ring (bicyclic) bond motifs is 1. The molecule has 2 N–H and O–H groups in total. The number of H-pyrrole nitrogens is 1. The van der Waals surface area contributed by atoms with Crippen molar-refractivity contribution in [2.75, 3.05) is 0 Å². The predicted molar refractivity (Wildman–Crippen MR) is 96.6 cm³/mol. The molecule has 0 aliphatic rings. The zero-order chi connectivity index (χ0) is 18.3. The van der Waals surface area contributed by atoms with E-state index in [0.29, 0.717) is 11.3 Å². The molecular weight excluding hydrogens is 316 g/mol. The Morgan fingerprint density at radius 2 is 1.88 bits per heavy atom. The van der Waals surface area contributed by atoms with Gasteiger partial charge < -0.3 is 10.3 Å². The summed E-state index contributed by atoms with van der Waals surface area (Å²) >= 11 is 0. The molecule has 0 radical (unpaired) electrons. The summed E-state index contributed by atoms with van der Waals surface area (Å²) in [6, 6.07) is 7.19. The Morgan fingerprint density at radius 1 is 1.20 bits per heavy atom. The van der Waals surface area contributed by atoms with Gasteiger partial charge in [0.25, 0.3) is 11.7 Å². The van der Waals surface area contributed by atoms with Gasteiger partial charge in [-0.15, -0.1) is 0 Å². The third-order valence-corrected chi connectivity index (χ3v) is 4.67. The van der Waals surface area contributed by atoms with E-state index in [0.717, 1.165) is 27.9 Å². The van der Waals surface area contributed by atoms with Crippen LogP contribution < -0.4 is 5.32 Å². The van der Waals surface area contributed by atoms with E-state index in [1.165, 1.54) is 0 Å². The Balaban J connectivity index is 1.88. The normalized spacial score (nSPS) is 12.4. The number of nitrogens with one attached hydrogen (secondary N) is 2. The molecule has 1 amide bonds. The highest BCUT2D eigenvalue weighted by Crippen LogP contribution is 2.24. The monoisotopic (exact) mass is 338 g/mol. The Labute approximate surface area is 146 Å². The SMILES string of the molecule is Cc1nn(C)c(C)c1[C@H](C)NC(=O)C(=O)c1c(C)[nH]c2ccccc12. The number of ketones is 1. The number of hydrogen-bond acceptors (Lipinski definition) is 3. The molecule has 0 saturated heterocycles. The van der Waals surface area contributed by atoms with Crippen LogP contribution in [0.1, 0.15) is 46.0 Å². The topological polar surface area (TPSA) is 79.8 Å². The van der Waals surface area contributed by atoms with E-state index in [2.05, 4.69) is 15.4 Å². The molecule has 2 aromatic heterocycles. The standard InChI is InChI=1S/C19H22N4O2/c1-10(16-12(3)22-23(5)13(16)4)21-19(25)18(24)17-11(2)20-15-9-7-6-8-14(15)17/h6-10,20H,1-5H3,(H,21,25)/t10-/m0/s1. The first-order valence-electron chi connectivity index (χ1n) is 8.23. The van der Waals surface area contributed by atoms with Crippen LogP contribution in [0.5, 0.6) is 0 Å². The molecule has 25 heavy (non-hydrogen) atoms. The first-order chi connectivity index (χ1) is 11.8. The number of hydrogen-bond donors (Lipinski definition) is 2. The molecule has 3 aromatic rings. The molecular formula is C19H22N4O2. The zero-order valence-corrected chi connectivity index (χ0v) is 15.1. The summed E-state index contributed by atoms with van der Waals surface area (Å²) in [7, 11) is 1.86. The lowest BCUT2D eigenvalue weighted by Crippen LogP contribution is -2.33. The van der Waals surface area contributed by atoms with E-state index >= 15 is 0 Å². The second-order valence-electron chi connectivity index (χ2n) is 6.40. The predicted octanol–water partition coefficient (Wildman–Crippen LogP) is 2.89. The minimum atomic E-state index is -0.608. The van der Waals surface area contributed by atoms with E-state index in [9.17, 15) is 9.59 Å². The summed E-state index contributed by atoms with van der Waals surface area (Å²) in [6.45, 7) is 7.52. The molecule has 0 spiro atoms. The fraction of sp³-hybridized carbons (Fsp3) is 0.316. The van der Waals surface area contributed by atoms with Gasteiger partial charge in [0, 0.05) is 34.9 Å². The molecule has 3 rings (SSSR count). The first-order valence-corrected chi connectivity index (χ1v) is 8.23. The van der Waals surface area contributed by atoms with Crippen LogP contribution in [0.3, 0.4) is 0 Å². The van der Waals surface area contributed by atoms with Crippen LogP contribution in [0.15, 0.2) is 24.3 Å². The van der Waals surface area contributed by atoms with Gasteiger partial charge in [0.05, 0.1) is 17.3 Å². The number of benzene rings is 1. The van der Waals surface area contributed by atoms with Crippen LogP contribution in [0, 0.1) is 20.8 Å². The van der Waals surface area contributed by atoms with Crippen LogP contribution in [-0.2, 0) is 11.8 Å². The van der Waals surface area contributed by atoms with Crippen molar-refractivity contribution in [2.45, 2.75) is 33.7 Å². The molecule has 0 bridgehead atoms. The largest absolute Gasteiger partial charge is 0.358 e. The number of rotatable bonds is 4. The fourth-order valence-corrected chi connectivity index (χ4v) is 3.43. The van der Waals surface area contributed by atoms with E-state index in [4.69, 9.17) is 0 Å². The average Bonchev–Trinajstić information content (AvgIpc) is 3.01. The molecule has 0 fully saturated rings. The Kier molecular flexibility index (Phi) is 4.20. The lowest BCUT2D eigenvalue weighted by molar-refractivity contribution is -0.117. The Bertz CT molecular complexity index is 981. The molecule has 0 saturated carbocycles. The van der Waals surface area contributed by atoms with Crippen molar-refractivity contribution < 1.29 is 9.59 Å². The van der Waals surface area contributed by atoms with Crippen LogP contribution in [0.4, 0.5) is 0 Å². The molecule has 6 heteroatoms. The maximum Gasteiger partial charge on any atom is 0.292 e. The number of aromatic amines is 1. The molecule has 0 aliphatic carbocycles. The van der Waals surface area contributed by atoms with Gasteiger partial charge in [0.2, 0.25) is 0 Å². The molecule has 130 valence electrons. The number of carbonyl (C=O) groups is 2. The smallest absolute Gasteiger partial charge is 0.292 e. The summed E-state index contributed by atoms with van der Waals surface area (Å²) in [5.41, 5.74) is 4.75. The average molecular weight is 338 g/mol. The first kappa shape index (κ1) is 17.0. The maximum absolute atomic E-state index is 12.7. The molecule has 6 nitrogen and oxygen atoms in total. The van der Waals surface area contributed by atoms with Crippen molar-refractivity contribution in [2.24, 2.45) is 7.05 Å². The van der Waals surface area contributed by atoms with Crippen LogP contribution in [0.25, 0.3) is 10.9 Å². The summed E-state index contributed by atoms with van der Waals surface area (Å²) in [4.78, 5) is 28.4. The fourth-order valence-electron chi connectivity index (χ4n) is 3.43. The third kappa shape index (κ3) is 2.84. The number of aryl methyl sites for hydroxylation is 3. The van der Waals surface area contributed by atoms with Crippen LogP contribution in [-0.4, -0.2) is 26.5 Å². The highest BCUT2D eigenvalue weighted by molar-refractivity contribution is 6.45. The third-order valence-electron chi connectivity index (χ3n) is 4.67. The number of para-hydroxylation sites is 1. The Hall–Kier alpha value is -2.89. The van der Waals surface area contributed by atoms with Gasteiger partial charge in [-0.3, -0.25) is 14.3 Å². The highest BCUT2D eigenvalue weighted by Gasteiger charge is 2.25. The van der Waals surface area contributed by atoms with Crippen LogP contribution >= 0.6 is 0 Å². The lowest BCUT2D eigenvalue weighted by atomic mass is 10.0. The van der Waals surface area contributed by atoms with E-state index in [1.807, 2.05) is 52.1 Å². The van der Waals surface area contributed by atoms with Gasteiger partial charge in [-0.25, -0.2) is 0 Å². The van der Waals surface area contributed by atoms with E-state index in [-0.39, 0.29) is 6.04 Å². The number of carbonyl (C=O) groups excluding carboxylic acids is 2. The van der Waals surface area contributed by atoms with Crippen molar-refractivity contribution in [3.63, 3.8) is 0 Å². The van der Waals surface area contributed by atoms with Gasteiger partial charge in [-0.2, -0.15) is 5.10 Å². The molecule has 0 aliphatic heterocycles. The molecule has 0 unspecified atom stereocenters. The summed E-state index contributed by atoms with van der Waals surface area (Å²) < 4.78 is 1.78. The number of aromatic nitrogens is 3. The number of amides is 1. The van der Waals surface area contributed by atoms with Crippen molar-refractivity contribution >= 4 is 22.6 Å². The van der Waals surface area contributed by atoms with Gasteiger partial charge >= 0.3 is 0 Å². The van der Waals surface area contributed by atoms with Gasteiger partial charge in [-0.05, 0) is 33.8 Å². The highest BCUT2D eigenvalue weighted by atomic mass is 16.2. The summed E-state index contributed by atoms with van der Waals surface area (Å²) in [5.74, 6) is -1.14.